The molecule has 0 bridgehead atoms. The molecular formula is C16H11ClFN3O3. The molecule has 1 aromatic carbocycles. The normalized spacial score (nSPS) is 14.2. The number of carboxylic acids is 1. The lowest BCUT2D eigenvalue weighted by molar-refractivity contribution is 0.0695. The number of benzene rings is 1. The Balaban J connectivity index is 2.06. The van der Waals surface area contributed by atoms with Gasteiger partial charge in [-0.2, -0.15) is 5.10 Å². The molecule has 24 heavy (non-hydrogen) atoms. The Kier molecular flexibility index (Phi) is 3.21. The predicted octanol–water partition coefficient (Wildman–Crippen LogP) is 3.01. The predicted molar refractivity (Wildman–Crippen MR) is 85.5 cm³/mol. The summed E-state index contributed by atoms with van der Waals surface area (Å²) >= 11 is 5.83. The fraction of sp³-hybridized carbons (Fsp3) is 0.188. The van der Waals surface area contributed by atoms with E-state index >= 15 is 0 Å². The van der Waals surface area contributed by atoms with Crippen LogP contribution >= 0.6 is 11.6 Å². The monoisotopic (exact) mass is 347 g/mol. The molecule has 3 aromatic rings. The van der Waals surface area contributed by atoms with Gasteiger partial charge in [0.1, 0.15) is 17.1 Å². The molecular weight excluding hydrogens is 337 g/mol. The van der Waals surface area contributed by atoms with Gasteiger partial charge < -0.3 is 9.67 Å². The second-order valence-electron chi connectivity index (χ2n) is 5.74. The fourth-order valence-electron chi connectivity index (χ4n) is 2.77. The molecule has 0 saturated heterocycles. The molecule has 8 heteroatoms. The summed E-state index contributed by atoms with van der Waals surface area (Å²) in [4.78, 5) is 23.7. The van der Waals surface area contributed by atoms with E-state index in [1.807, 2.05) is 0 Å². The number of hydrogen-bond acceptors (Lipinski definition) is 3. The number of carboxylic acid groups (broad SMARTS) is 1. The highest BCUT2D eigenvalue weighted by atomic mass is 35.5. The largest absolute Gasteiger partial charge is 0.477 e. The van der Waals surface area contributed by atoms with E-state index in [-0.39, 0.29) is 22.7 Å². The molecule has 0 spiro atoms. The summed E-state index contributed by atoms with van der Waals surface area (Å²) < 4.78 is 17.5. The molecule has 0 aliphatic heterocycles. The molecule has 2 aromatic heterocycles. The molecule has 2 heterocycles. The van der Waals surface area contributed by atoms with Crippen molar-refractivity contribution in [2.24, 2.45) is 0 Å². The van der Waals surface area contributed by atoms with Gasteiger partial charge in [0.2, 0.25) is 5.43 Å². The topological polar surface area (TPSA) is 77.1 Å². The Bertz CT molecular complexity index is 1050. The first kappa shape index (κ1) is 14.9. The average molecular weight is 348 g/mol. The average Bonchev–Trinajstić information content (AvgIpc) is 3.28. The summed E-state index contributed by atoms with van der Waals surface area (Å²) in [6, 6.07) is 2.68. The molecule has 4 rings (SSSR count). The van der Waals surface area contributed by atoms with Crippen LogP contribution in [0.3, 0.4) is 0 Å². The number of pyridine rings is 1. The first-order valence-electron chi connectivity index (χ1n) is 7.28. The van der Waals surface area contributed by atoms with Crippen molar-refractivity contribution in [3.8, 4) is 5.69 Å². The van der Waals surface area contributed by atoms with Crippen molar-refractivity contribution in [1.29, 1.82) is 0 Å². The number of fused-ring (bicyclic) bond motifs is 1. The van der Waals surface area contributed by atoms with Crippen LogP contribution in [0.4, 0.5) is 4.39 Å². The Labute approximate surface area is 139 Å². The molecule has 1 aliphatic carbocycles. The molecule has 6 nitrogen and oxygen atoms in total. The Morgan fingerprint density at radius 1 is 1.33 bits per heavy atom. The maximum atomic E-state index is 14.5. The molecule has 1 aliphatic rings. The molecule has 122 valence electrons. The number of aromatic carboxylic acids is 1. The summed E-state index contributed by atoms with van der Waals surface area (Å²) in [5.74, 6) is -2.00. The van der Waals surface area contributed by atoms with Crippen LogP contribution < -0.4 is 5.43 Å². The second-order valence-corrected chi connectivity index (χ2v) is 6.18. The third kappa shape index (κ3) is 2.28. The van der Waals surface area contributed by atoms with Crippen LogP contribution in [0.5, 0.6) is 0 Å². The molecule has 1 fully saturated rings. The van der Waals surface area contributed by atoms with E-state index in [1.165, 1.54) is 29.3 Å². The van der Waals surface area contributed by atoms with Crippen molar-refractivity contribution in [1.82, 2.24) is 14.3 Å². The van der Waals surface area contributed by atoms with E-state index in [0.29, 0.717) is 10.5 Å². The standard InChI is InChI=1S/C16H11ClFN3O3/c17-8-5-19-21(6-8)14-4-13-10(3-12(14)18)15(22)11(16(23)24)7-20(13)9-1-2-9/h3-7,9H,1-2H2,(H,23,24). The van der Waals surface area contributed by atoms with Crippen LogP contribution in [-0.4, -0.2) is 25.4 Å². The SMILES string of the molecule is O=C(O)c1cn(C2CC2)c2cc(-n3cc(Cl)cn3)c(F)cc2c1=O. The van der Waals surface area contributed by atoms with Crippen molar-refractivity contribution >= 4 is 28.5 Å². The number of carbonyl (C=O) groups is 1. The summed E-state index contributed by atoms with van der Waals surface area (Å²) in [5.41, 5.74) is -0.427. The van der Waals surface area contributed by atoms with Gasteiger partial charge >= 0.3 is 5.97 Å². The summed E-state index contributed by atoms with van der Waals surface area (Å²) in [6.07, 6.45) is 5.95. The zero-order valence-electron chi connectivity index (χ0n) is 12.2. The Morgan fingerprint density at radius 2 is 2.08 bits per heavy atom. The second kappa shape index (κ2) is 5.17. The lowest BCUT2D eigenvalue weighted by Crippen LogP contribution is -2.19. The molecule has 0 amide bonds. The minimum absolute atomic E-state index is 0.0429. The van der Waals surface area contributed by atoms with E-state index in [4.69, 9.17) is 11.6 Å². The van der Waals surface area contributed by atoms with Crippen LogP contribution in [-0.2, 0) is 0 Å². The summed E-state index contributed by atoms with van der Waals surface area (Å²) in [6.45, 7) is 0. The van der Waals surface area contributed by atoms with Gasteiger partial charge in [-0.25, -0.2) is 13.9 Å². The van der Waals surface area contributed by atoms with Crippen LogP contribution in [0.25, 0.3) is 16.6 Å². The molecule has 0 unspecified atom stereocenters. The van der Waals surface area contributed by atoms with Crippen LogP contribution in [0.1, 0.15) is 29.2 Å². The van der Waals surface area contributed by atoms with E-state index < -0.39 is 17.2 Å². The van der Waals surface area contributed by atoms with Crippen LogP contribution in [0, 0.1) is 5.82 Å². The Morgan fingerprint density at radius 3 is 2.67 bits per heavy atom. The zero-order valence-corrected chi connectivity index (χ0v) is 13.0. The first-order chi connectivity index (χ1) is 11.5. The van der Waals surface area contributed by atoms with Gasteiger partial charge in [0.15, 0.2) is 0 Å². The van der Waals surface area contributed by atoms with Gasteiger partial charge in [-0.1, -0.05) is 11.6 Å². The lowest BCUT2D eigenvalue weighted by atomic mass is 10.1. The van der Waals surface area contributed by atoms with E-state index in [1.54, 1.807) is 4.57 Å². The molecule has 0 atom stereocenters. The van der Waals surface area contributed by atoms with E-state index in [2.05, 4.69) is 5.10 Å². The maximum absolute atomic E-state index is 14.5. The number of nitrogens with zero attached hydrogens (tertiary/aromatic N) is 3. The summed E-state index contributed by atoms with van der Waals surface area (Å²) in [7, 11) is 0. The maximum Gasteiger partial charge on any atom is 0.341 e. The van der Waals surface area contributed by atoms with E-state index in [9.17, 15) is 19.1 Å². The number of aromatic nitrogens is 3. The zero-order chi connectivity index (χ0) is 17.0. The fourth-order valence-corrected chi connectivity index (χ4v) is 2.91. The van der Waals surface area contributed by atoms with Crippen molar-refractivity contribution in [2.75, 3.05) is 0 Å². The lowest BCUT2D eigenvalue weighted by Gasteiger charge is -2.13. The van der Waals surface area contributed by atoms with Gasteiger partial charge in [0.05, 0.1) is 16.7 Å². The van der Waals surface area contributed by atoms with Crippen molar-refractivity contribution in [2.45, 2.75) is 18.9 Å². The smallest absolute Gasteiger partial charge is 0.341 e. The van der Waals surface area contributed by atoms with Gasteiger partial charge in [-0.05, 0) is 25.0 Å². The number of hydrogen-bond donors (Lipinski definition) is 1. The molecule has 1 N–H and O–H groups in total. The first-order valence-corrected chi connectivity index (χ1v) is 7.66. The van der Waals surface area contributed by atoms with E-state index in [0.717, 1.165) is 18.9 Å². The van der Waals surface area contributed by atoms with Crippen LogP contribution in [0.2, 0.25) is 5.02 Å². The quantitative estimate of drug-likeness (QED) is 0.790. The summed E-state index contributed by atoms with van der Waals surface area (Å²) in [5, 5.41) is 13.6. The third-order valence-electron chi connectivity index (χ3n) is 4.07. The number of halogens is 2. The highest BCUT2D eigenvalue weighted by Crippen LogP contribution is 2.37. The highest BCUT2D eigenvalue weighted by molar-refractivity contribution is 6.30. The van der Waals surface area contributed by atoms with Crippen LogP contribution in [0.15, 0.2) is 35.5 Å². The van der Waals surface area contributed by atoms with Gasteiger partial charge in [0.25, 0.3) is 0 Å². The highest BCUT2D eigenvalue weighted by Gasteiger charge is 2.27. The van der Waals surface area contributed by atoms with Crippen molar-refractivity contribution in [3.05, 3.63) is 57.3 Å². The minimum atomic E-state index is -1.32. The van der Waals surface area contributed by atoms with Gasteiger partial charge in [0, 0.05) is 23.8 Å². The molecule has 1 saturated carbocycles. The molecule has 0 radical (unpaired) electrons. The Hall–Kier alpha value is -2.67. The van der Waals surface area contributed by atoms with Gasteiger partial charge in [-0.15, -0.1) is 0 Å². The number of rotatable bonds is 3. The van der Waals surface area contributed by atoms with Crippen molar-refractivity contribution < 1.29 is 14.3 Å². The van der Waals surface area contributed by atoms with Crippen molar-refractivity contribution in [3.63, 3.8) is 0 Å². The third-order valence-corrected chi connectivity index (χ3v) is 4.26. The minimum Gasteiger partial charge on any atom is -0.477 e. The van der Waals surface area contributed by atoms with Gasteiger partial charge in [-0.3, -0.25) is 4.79 Å².